The number of benzene rings is 1. The molecular weight excluding hydrogens is 338 g/mol. The Balaban J connectivity index is 1.63. The number of fused-ring (bicyclic) bond motifs is 1. The molecule has 3 amide bonds. The van der Waals surface area contributed by atoms with Gasteiger partial charge in [0.1, 0.15) is 0 Å². The number of amides is 3. The summed E-state index contributed by atoms with van der Waals surface area (Å²) < 4.78 is 0. The van der Waals surface area contributed by atoms with E-state index < -0.39 is 5.91 Å². The van der Waals surface area contributed by atoms with E-state index in [-0.39, 0.29) is 17.8 Å². The van der Waals surface area contributed by atoms with Gasteiger partial charge >= 0.3 is 6.03 Å². The van der Waals surface area contributed by atoms with E-state index in [2.05, 4.69) is 27.8 Å². The van der Waals surface area contributed by atoms with Crippen LogP contribution < -0.4 is 16.4 Å². The molecule has 3 rings (SSSR count). The van der Waals surface area contributed by atoms with Crippen molar-refractivity contribution in [1.82, 2.24) is 15.5 Å². The Labute approximate surface area is 150 Å². The van der Waals surface area contributed by atoms with Crippen molar-refractivity contribution in [3.05, 3.63) is 23.9 Å². The molecule has 0 spiro atoms. The van der Waals surface area contributed by atoms with Crippen molar-refractivity contribution in [1.29, 1.82) is 0 Å². The number of primary amides is 1. The number of nitrogens with zero attached hydrogens (tertiary/aromatic N) is 1. The van der Waals surface area contributed by atoms with Crippen LogP contribution in [-0.4, -0.2) is 39.2 Å². The van der Waals surface area contributed by atoms with Crippen molar-refractivity contribution in [2.75, 3.05) is 11.1 Å². The zero-order valence-corrected chi connectivity index (χ0v) is 15.0. The lowest BCUT2D eigenvalue weighted by molar-refractivity contribution is 0.0997. The number of nitrogens with one attached hydrogen (secondary N) is 3. The molecule has 2 aromatic rings. The monoisotopic (exact) mass is 361 g/mol. The molecule has 1 heterocycles. The van der Waals surface area contributed by atoms with Crippen molar-refractivity contribution in [2.24, 2.45) is 5.73 Å². The Morgan fingerprint density at radius 3 is 3.00 bits per heavy atom. The standard InChI is InChI=1S/C17H23N5O2S/c1-2-25-12-5-3-4-10(8-12)19-17(24)20-11-6-7-14-13(9-11)15(16(18)23)22-21-14/h6-7,9-10,12H,2-5,8H2,1H3,(H2,18,23)(H,21,22)(H2,19,20,24). The minimum Gasteiger partial charge on any atom is -0.364 e. The molecule has 1 aliphatic rings. The molecule has 1 aromatic heterocycles. The third kappa shape index (κ3) is 4.25. The topological polar surface area (TPSA) is 113 Å². The first-order valence-corrected chi connectivity index (χ1v) is 9.58. The lowest BCUT2D eigenvalue weighted by atomic mass is 9.95. The Kier molecular flexibility index (Phi) is 5.47. The van der Waals surface area contributed by atoms with Crippen LogP contribution in [-0.2, 0) is 0 Å². The first-order chi connectivity index (χ1) is 12.1. The first kappa shape index (κ1) is 17.6. The number of H-pyrrole nitrogens is 1. The number of thioether (sulfide) groups is 1. The Bertz CT molecular complexity index is 773. The fourth-order valence-corrected chi connectivity index (χ4v) is 4.47. The molecule has 0 radical (unpaired) electrons. The molecule has 1 saturated carbocycles. The largest absolute Gasteiger partial charge is 0.364 e. The number of carbonyl (C=O) groups is 2. The van der Waals surface area contributed by atoms with Crippen LogP contribution in [0.3, 0.4) is 0 Å². The third-order valence-corrected chi connectivity index (χ3v) is 5.65. The van der Waals surface area contributed by atoms with Gasteiger partial charge in [0.05, 0.1) is 5.52 Å². The lowest BCUT2D eigenvalue weighted by Gasteiger charge is -2.29. The summed E-state index contributed by atoms with van der Waals surface area (Å²) in [5.74, 6) is 0.505. The zero-order valence-electron chi connectivity index (χ0n) is 14.2. The van der Waals surface area contributed by atoms with Crippen LogP contribution in [0.1, 0.15) is 43.1 Å². The van der Waals surface area contributed by atoms with Gasteiger partial charge in [0, 0.05) is 22.4 Å². The van der Waals surface area contributed by atoms with E-state index in [4.69, 9.17) is 5.73 Å². The molecule has 0 saturated heterocycles. The van der Waals surface area contributed by atoms with E-state index in [0.29, 0.717) is 21.8 Å². The summed E-state index contributed by atoms with van der Waals surface area (Å²) in [6.07, 6.45) is 4.40. The minimum absolute atomic E-state index is 0.172. The van der Waals surface area contributed by atoms with Gasteiger partial charge in [-0.1, -0.05) is 13.3 Å². The van der Waals surface area contributed by atoms with Crippen molar-refractivity contribution in [3.63, 3.8) is 0 Å². The predicted molar refractivity (Wildman–Crippen MR) is 101 cm³/mol. The number of hydrogen-bond donors (Lipinski definition) is 4. The molecule has 134 valence electrons. The van der Waals surface area contributed by atoms with Gasteiger partial charge in [-0.25, -0.2) is 4.79 Å². The average Bonchev–Trinajstić information content (AvgIpc) is 2.98. The maximum absolute atomic E-state index is 12.3. The molecule has 2 unspecified atom stereocenters. The molecule has 2 atom stereocenters. The summed E-state index contributed by atoms with van der Waals surface area (Å²) in [6.45, 7) is 2.17. The van der Waals surface area contributed by atoms with E-state index >= 15 is 0 Å². The number of anilines is 1. The molecular formula is C17H23N5O2S. The van der Waals surface area contributed by atoms with Crippen LogP contribution in [0.15, 0.2) is 18.2 Å². The second-order valence-electron chi connectivity index (χ2n) is 6.24. The number of urea groups is 1. The quantitative estimate of drug-likeness (QED) is 0.656. The Morgan fingerprint density at radius 2 is 2.24 bits per heavy atom. The van der Waals surface area contributed by atoms with Gasteiger partial charge in [-0.2, -0.15) is 16.9 Å². The Morgan fingerprint density at radius 1 is 1.40 bits per heavy atom. The van der Waals surface area contributed by atoms with Crippen LogP contribution in [0.25, 0.3) is 10.9 Å². The van der Waals surface area contributed by atoms with Crippen molar-refractivity contribution in [3.8, 4) is 0 Å². The maximum Gasteiger partial charge on any atom is 0.319 e. The lowest BCUT2D eigenvalue weighted by Crippen LogP contribution is -2.41. The second-order valence-corrected chi connectivity index (χ2v) is 7.81. The smallest absolute Gasteiger partial charge is 0.319 e. The summed E-state index contributed by atoms with van der Waals surface area (Å²) in [7, 11) is 0. The summed E-state index contributed by atoms with van der Waals surface area (Å²) in [4.78, 5) is 23.7. The van der Waals surface area contributed by atoms with Crippen LogP contribution in [0.4, 0.5) is 10.5 Å². The maximum atomic E-state index is 12.3. The first-order valence-electron chi connectivity index (χ1n) is 8.54. The van der Waals surface area contributed by atoms with Gasteiger partial charge in [0.15, 0.2) is 5.69 Å². The predicted octanol–water partition coefficient (Wildman–Crippen LogP) is 2.85. The normalized spacial score (nSPS) is 20.4. The van der Waals surface area contributed by atoms with Gasteiger partial charge < -0.3 is 16.4 Å². The number of aromatic nitrogens is 2. The summed E-state index contributed by atoms with van der Waals surface area (Å²) in [6, 6.07) is 5.21. The summed E-state index contributed by atoms with van der Waals surface area (Å²) in [5, 5.41) is 13.8. The summed E-state index contributed by atoms with van der Waals surface area (Å²) in [5.41, 5.74) is 6.79. The van der Waals surface area contributed by atoms with Gasteiger partial charge in [0.2, 0.25) is 0 Å². The van der Waals surface area contributed by atoms with Gasteiger partial charge in [-0.3, -0.25) is 9.89 Å². The van der Waals surface area contributed by atoms with Crippen LogP contribution >= 0.6 is 11.8 Å². The van der Waals surface area contributed by atoms with E-state index in [1.807, 2.05) is 11.8 Å². The number of aromatic amines is 1. The third-order valence-electron chi connectivity index (χ3n) is 4.42. The fraction of sp³-hybridized carbons (Fsp3) is 0.471. The zero-order chi connectivity index (χ0) is 17.8. The molecule has 25 heavy (non-hydrogen) atoms. The highest BCUT2D eigenvalue weighted by Gasteiger charge is 2.23. The molecule has 1 aromatic carbocycles. The molecule has 1 fully saturated rings. The van der Waals surface area contributed by atoms with Crippen molar-refractivity contribution >= 4 is 40.3 Å². The van der Waals surface area contributed by atoms with Gasteiger partial charge in [0.25, 0.3) is 5.91 Å². The molecule has 5 N–H and O–H groups in total. The number of rotatable bonds is 5. The van der Waals surface area contributed by atoms with E-state index in [1.165, 1.54) is 6.42 Å². The molecule has 8 heteroatoms. The average molecular weight is 361 g/mol. The molecule has 7 nitrogen and oxygen atoms in total. The Hall–Kier alpha value is -2.22. The number of carbonyl (C=O) groups excluding carboxylic acids is 2. The van der Waals surface area contributed by atoms with Crippen LogP contribution in [0.2, 0.25) is 0 Å². The van der Waals surface area contributed by atoms with Crippen molar-refractivity contribution in [2.45, 2.75) is 43.9 Å². The molecule has 1 aliphatic carbocycles. The van der Waals surface area contributed by atoms with Gasteiger partial charge in [-0.15, -0.1) is 0 Å². The van der Waals surface area contributed by atoms with Gasteiger partial charge in [-0.05, 0) is 43.2 Å². The van der Waals surface area contributed by atoms with E-state index in [9.17, 15) is 9.59 Å². The number of nitrogens with two attached hydrogens (primary N) is 1. The van der Waals surface area contributed by atoms with Crippen molar-refractivity contribution < 1.29 is 9.59 Å². The number of hydrogen-bond acceptors (Lipinski definition) is 4. The highest BCUT2D eigenvalue weighted by atomic mass is 32.2. The van der Waals surface area contributed by atoms with Crippen LogP contribution in [0, 0.1) is 0 Å². The highest BCUT2D eigenvalue weighted by Crippen LogP contribution is 2.28. The van der Waals surface area contributed by atoms with E-state index in [1.54, 1.807) is 18.2 Å². The SMILES string of the molecule is CCSC1CCCC(NC(=O)Nc2ccc3[nH]nc(C(N)=O)c3c2)C1. The fourth-order valence-electron chi connectivity index (χ4n) is 3.30. The molecule has 0 bridgehead atoms. The summed E-state index contributed by atoms with van der Waals surface area (Å²) >= 11 is 1.97. The minimum atomic E-state index is -0.602. The molecule has 0 aliphatic heterocycles. The van der Waals surface area contributed by atoms with E-state index in [0.717, 1.165) is 25.0 Å². The second kappa shape index (κ2) is 7.77. The highest BCUT2D eigenvalue weighted by molar-refractivity contribution is 7.99. The van der Waals surface area contributed by atoms with Crippen LogP contribution in [0.5, 0.6) is 0 Å².